The Kier molecular flexibility index (Phi) is 2.80. The van der Waals surface area contributed by atoms with Crippen LogP contribution < -0.4 is 10.5 Å². The highest BCUT2D eigenvalue weighted by atomic mass is 35.5. The fraction of sp³-hybridized carbons (Fsp3) is 0.571. The van der Waals surface area contributed by atoms with Crippen LogP contribution in [0.2, 0.25) is 5.02 Å². The predicted octanol–water partition coefficient (Wildman–Crippen LogP) is 3.12. The molecule has 3 rings (SSSR count). The number of hydrogen-bond donors (Lipinski definition) is 1. The van der Waals surface area contributed by atoms with Crippen LogP contribution in [0.5, 0.6) is 5.75 Å². The molecule has 0 radical (unpaired) electrons. The van der Waals surface area contributed by atoms with Crippen LogP contribution in [-0.2, 0) is 5.41 Å². The van der Waals surface area contributed by atoms with Gasteiger partial charge in [0.15, 0.2) is 0 Å². The van der Waals surface area contributed by atoms with Crippen LogP contribution in [0.3, 0.4) is 0 Å². The first kappa shape index (κ1) is 11.4. The minimum absolute atomic E-state index is 0.143. The third kappa shape index (κ3) is 2.29. The smallest absolute Gasteiger partial charge is 0.123 e. The molecule has 0 atom stereocenters. The lowest BCUT2D eigenvalue weighted by atomic mass is 9.95. The first-order valence-electron chi connectivity index (χ1n) is 6.36. The van der Waals surface area contributed by atoms with Crippen molar-refractivity contribution in [2.24, 2.45) is 11.7 Å². The molecule has 0 spiro atoms. The van der Waals surface area contributed by atoms with Gasteiger partial charge in [0.05, 0.1) is 6.61 Å². The summed E-state index contributed by atoms with van der Waals surface area (Å²) in [5.74, 6) is 1.76. The van der Waals surface area contributed by atoms with Gasteiger partial charge in [0.1, 0.15) is 5.75 Å². The summed E-state index contributed by atoms with van der Waals surface area (Å²) in [6.07, 6.45) is 4.93. The molecule has 92 valence electrons. The Labute approximate surface area is 107 Å². The fourth-order valence-corrected chi connectivity index (χ4v) is 2.44. The van der Waals surface area contributed by atoms with Crippen LogP contribution >= 0.6 is 11.6 Å². The molecule has 2 nitrogen and oxygen atoms in total. The molecule has 17 heavy (non-hydrogen) atoms. The van der Waals surface area contributed by atoms with Gasteiger partial charge in [-0.3, -0.25) is 0 Å². The summed E-state index contributed by atoms with van der Waals surface area (Å²) in [7, 11) is 0. The third-order valence-electron chi connectivity index (χ3n) is 3.93. The van der Waals surface area contributed by atoms with Crippen molar-refractivity contribution in [1.82, 2.24) is 0 Å². The number of rotatable bonds is 5. The zero-order valence-electron chi connectivity index (χ0n) is 9.92. The molecule has 1 aromatic carbocycles. The largest absolute Gasteiger partial charge is 0.493 e. The Hall–Kier alpha value is -0.730. The highest BCUT2D eigenvalue weighted by Crippen LogP contribution is 2.51. The second-order valence-corrected chi connectivity index (χ2v) is 5.82. The SMILES string of the molecule is NCC1(c2cc(Cl)ccc2OCC2CC2)CC1. The first-order chi connectivity index (χ1) is 8.23. The number of benzene rings is 1. The average molecular weight is 252 g/mol. The molecule has 2 saturated carbocycles. The minimum atomic E-state index is 0.143. The van der Waals surface area contributed by atoms with Crippen molar-refractivity contribution in [3.8, 4) is 5.75 Å². The Morgan fingerprint density at radius 3 is 2.71 bits per heavy atom. The van der Waals surface area contributed by atoms with Gasteiger partial charge >= 0.3 is 0 Å². The second-order valence-electron chi connectivity index (χ2n) is 5.38. The maximum Gasteiger partial charge on any atom is 0.123 e. The molecule has 0 aromatic heterocycles. The molecule has 0 amide bonds. The van der Waals surface area contributed by atoms with E-state index in [4.69, 9.17) is 22.1 Å². The topological polar surface area (TPSA) is 35.2 Å². The van der Waals surface area contributed by atoms with Crippen LogP contribution in [0, 0.1) is 5.92 Å². The monoisotopic (exact) mass is 251 g/mol. The minimum Gasteiger partial charge on any atom is -0.493 e. The molecule has 3 heteroatoms. The van der Waals surface area contributed by atoms with Gasteiger partial charge in [0, 0.05) is 22.5 Å². The zero-order valence-corrected chi connectivity index (χ0v) is 10.7. The molecule has 0 saturated heterocycles. The van der Waals surface area contributed by atoms with E-state index in [-0.39, 0.29) is 5.41 Å². The Balaban J connectivity index is 1.84. The Bertz CT molecular complexity index is 424. The number of hydrogen-bond acceptors (Lipinski definition) is 2. The predicted molar refractivity (Wildman–Crippen MR) is 69.6 cm³/mol. The molecule has 2 aliphatic carbocycles. The summed E-state index contributed by atoms with van der Waals surface area (Å²) in [6.45, 7) is 1.53. The molecule has 0 heterocycles. The maximum absolute atomic E-state index is 6.09. The number of ether oxygens (including phenoxy) is 1. The van der Waals surface area contributed by atoms with Crippen molar-refractivity contribution in [2.75, 3.05) is 13.2 Å². The van der Waals surface area contributed by atoms with Crippen molar-refractivity contribution in [2.45, 2.75) is 31.1 Å². The molecule has 2 N–H and O–H groups in total. The van der Waals surface area contributed by atoms with Crippen molar-refractivity contribution in [3.05, 3.63) is 28.8 Å². The van der Waals surface area contributed by atoms with Crippen molar-refractivity contribution in [3.63, 3.8) is 0 Å². The molecule has 0 bridgehead atoms. The number of halogens is 1. The summed E-state index contributed by atoms with van der Waals surface area (Å²) < 4.78 is 5.93. The van der Waals surface area contributed by atoms with E-state index in [9.17, 15) is 0 Å². The Morgan fingerprint density at radius 1 is 1.35 bits per heavy atom. The normalized spacial score (nSPS) is 21.3. The molecule has 1 aromatic rings. The van der Waals surface area contributed by atoms with E-state index in [1.807, 2.05) is 18.2 Å². The van der Waals surface area contributed by atoms with Crippen molar-refractivity contribution in [1.29, 1.82) is 0 Å². The summed E-state index contributed by atoms with van der Waals surface area (Å²) >= 11 is 6.09. The van der Waals surface area contributed by atoms with E-state index < -0.39 is 0 Å². The lowest BCUT2D eigenvalue weighted by Crippen LogP contribution is -2.21. The maximum atomic E-state index is 6.09. The summed E-state index contributed by atoms with van der Waals surface area (Å²) in [5.41, 5.74) is 7.25. The highest BCUT2D eigenvalue weighted by Gasteiger charge is 2.45. The van der Waals surface area contributed by atoms with Crippen molar-refractivity contribution < 1.29 is 4.74 Å². The zero-order chi connectivity index (χ0) is 11.9. The van der Waals surface area contributed by atoms with E-state index in [1.54, 1.807) is 0 Å². The van der Waals surface area contributed by atoms with E-state index in [0.29, 0.717) is 6.54 Å². The molecular formula is C14H18ClNO. The quantitative estimate of drug-likeness (QED) is 0.873. The summed E-state index contributed by atoms with van der Waals surface area (Å²) in [4.78, 5) is 0. The summed E-state index contributed by atoms with van der Waals surface area (Å²) in [5, 5.41) is 0.776. The van der Waals surface area contributed by atoms with Gasteiger partial charge in [-0.15, -0.1) is 0 Å². The second kappa shape index (κ2) is 4.18. The molecule has 2 aliphatic rings. The summed E-state index contributed by atoms with van der Waals surface area (Å²) in [6, 6.07) is 5.93. The lowest BCUT2D eigenvalue weighted by molar-refractivity contribution is 0.294. The molecule has 2 fully saturated rings. The van der Waals surface area contributed by atoms with E-state index in [1.165, 1.54) is 18.4 Å². The molecule has 0 unspecified atom stereocenters. The lowest BCUT2D eigenvalue weighted by Gasteiger charge is -2.18. The first-order valence-corrected chi connectivity index (χ1v) is 6.74. The fourth-order valence-electron chi connectivity index (χ4n) is 2.27. The van der Waals surface area contributed by atoms with E-state index in [0.717, 1.165) is 36.1 Å². The van der Waals surface area contributed by atoms with Gasteiger partial charge in [-0.1, -0.05) is 11.6 Å². The van der Waals surface area contributed by atoms with Gasteiger partial charge in [0.25, 0.3) is 0 Å². The van der Waals surface area contributed by atoms with Crippen LogP contribution in [-0.4, -0.2) is 13.2 Å². The van der Waals surface area contributed by atoms with Crippen molar-refractivity contribution >= 4 is 11.6 Å². The van der Waals surface area contributed by atoms with Gasteiger partial charge in [0.2, 0.25) is 0 Å². The van der Waals surface area contributed by atoms with Crippen LogP contribution in [0.25, 0.3) is 0 Å². The van der Waals surface area contributed by atoms with Crippen LogP contribution in [0.1, 0.15) is 31.2 Å². The molecular weight excluding hydrogens is 234 g/mol. The van der Waals surface area contributed by atoms with Gasteiger partial charge in [-0.05, 0) is 49.8 Å². The van der Waals surface area contributed by atoms with Crippen LogP contribution in [0.15, 0.2) is 18.2 Å². The van der Waals surface area contributed by atoms with Gasteiger partial charge in [-0.2, -0.15) is 0 Å². The van der Waals surface area contributed by atoms with Gasteiger partial charge < -0.3 is 10.5 Å². The van der Waals surface area contributed by atoms with E-state index in [2.05, 4.69) is 0 Å². The standard InChI is InChI=1S/C14H18ClNO/c15-11-3-4-13(17-8-10-1-2-10)12(7-11)14(9-16)5-6-14/h3-4,7,10H,1-2,5-6,8-9,16H2. The third-order valence-corrected chi connectivity index (χ3v) is 4.16. The Morgan fingerprint density at radius 2 is 2.12 bits per heavy atom. The average Bonchev–Trinajstić information content (AvgIpc) is 3.22. The van der Waals surface area contributed by atoms with Gasteiger partial charge in [-0.25, -0.2) is 0 Å². The van der Waals surface area contributed by atoms with Crippen LogP contribution in [0.4, 0.5) is 0 Å². The number of nitrogens with two attached hydrogens (primary N) is 1. The van der Waals surface area contributed by atoms with E-state index >= 15 is 0 Å². The highest BCUT2D eigenvalue weighted by molar-refractivity contribution is 6.30. The molecule has 0 aliphatic heterocycles.